The van der Waals surface area contributed by atoms with Crippen LogP contribution in [0.2, 0.25) is 0 Å². The summed E-state index contributed by atoms with van der Waals surface area (Å²) in [5.74, 6) is 0.870. The summed E-state index contributed by atoms with van der Waals surface area (Å²) < 4.78 is 1.02. The lowest BCUT2D eigenvalue weighted by molar-refractivity contribution is 1.19. The predicted octanol–water partition coefficient (Wildman–Crippen LogP) is 2.75. The highest BCUT2D eigenvalue weighted by atomic mass is 79.9. The Morgan fingerprint density at radius 2 is 2.50 bits per heavy atom. The maximum absolute atomic E-state index is 4.17. The van der Waals surface area contributed by atoms with E-state index in [4.69, 9.17) is 0 Å². The van der Waals surface area contributed by atoms with Gasteiger partial charge in [-0.3, -0.25) is 0 Å². The van der Waals surface area contributed by atoms with Crippen LogP contribution in [0, 0.1) is 6.92 Å². The Morgan fingerprint density at radius 1 is 1.75 bits per heavy atom. The molecule has 0 radical (unpaired) electrons. The first kappa shape index (κ1) is 9.26. The second-order valence-corrected chi connectivity index (χ2v) is 3.25. The van der Waals surface area contributed by atoms with Crippen molar-refractivity contribution in [1.82, 2.24) is 4.98 Å². The smallest absolute Gasteiger partial charge is 0.140 e. The first-order valence-electron chi connectivity index (χ1n) is 3.71. The van der Waals surface area contributed by atoms with Gasteiger partial charge in [0.05, 0.1) is 4.47 Å². The zero-order valence-electron chi connectivity index (χ0n) is 6.97. The van der Waals surface area contributed by atoms with E-state index in [1.807, 2.05) is 13.0 Å². The maximum atomic E-state index is 4.17. The van der Waals surface area contributed by atoms with E-state index in [9.17, 15) is 0 Å². The van der Waals surface area contributed by atoms with Gasteiger partial charge in [0.15, 0.2) is 0 Å². The lowest BCUT2D eigenvalue weighted by Crippen LogP contribution is -2.01. The van der Waals surface area contributed by atoms with Crippen molar-refractivity contribution in [3.05, 3.63) is 35.0 Å². The molecule has 1 heterocycles. The number of rotatable bonds is 3. The van der Waals surface area contributed by atoms with Crippen LogP contribution in [0.4, 0.5) is 5.82 Å². The number of hydrogen-bond acceptors (Lipinski definition) is 2. The van der Waals surface area contributed by atoms with E-state index in [2.05, 4.69) is 32.8 Å². The van der Waals surface area contributed by atoms with Crippen LogP contribution in [-0.4, -0.2) is 11.5 Å². The van der Waals surface area contributed by atoms with Crippen molar-refractivity contribution in [2.45, 2.75) is 6.92 Å². The molecule has 1 aromatic rings. The van der Waals surface area contributed by atoms with Gasteiger partial charge in [0.2, 0.25) is 0 Å². The summed E-state index contributed by atoms with van der Waals surface area (Å²) in [6.07, 6.45) is 3.59. The summed E-state index contributed by atoms with van der Waals surface area (Å²) in [6.45, 7) is 6.39. The minimum Gasteiger partial charge on any atom is -0.366 e. The van der Waals surface area contributed by atoms with Crippen LogP contribution in [0.1, 0.15) is 5.56 Å². The van der Waals surface area contributed by atoms with Crippen molar-refractivity contribution in [3.8, 4) is 0 Å². The Hall–Kier alpha value is -0.830. The monoisotopic (exact) mass is 226 g/mol. The molecule has 3 heteroatoms. The molecule has 64 valence electrons. The van der Waals surface area contributed by atoms with E-state index in [0.717, 1.165) is 16.8 Å². The third kappa shape index (κ3) is 2.08. The number of aryl methyl sites for hydroxylation is 1. The summed E-state index contributed by atoms with van der Waals surface area (Å²) >= 11 is 3.45. The topological polar surface area (TPSA) is 24.9 Å². The fourth-order valence-electron chi connectivity index (χ4n) is 0.832. The highest BCUT2D eigenvalue weighted by Crippen LogP contribution is 2.22. The molecular formula is C9H11BrN2. The van der Waals surface area contributed by atoms with Crippen molar-refractivity contribution in [2.75, 3.05) is 11.9 Å². The van der Waals surface area contributed by atoms with E-state index >= 15 is 0 Å². The highest BCUT2D eigenvalue weighted by molar-refractivity contribution is 9.10. The summed E-state index contributed by atoms with van der Waals surface area (Å²) in [4.78, 5) is 4.17. The van der Waals surface area contributed by atoms with Crippen molar-refractivity contribution >= 4 is 21.7 Å². The third-order valence-electron chi connectivity index (χ3n) is 1.50. The lowest BCUT2D eigenvalue weighted by Gasteiger charge is -2.06. The number of hydrogen-bond donors (Lipinski definition) is 1. The molecule has 0 fully saturated rings. The second-order valence-electron chi connectivity index (χ2n) is 2.46. The van der Waals surface area contributed by atoms with Gasteiger partial charge < -0.3 is 5.32 Å². The number of pyridine rings is 1. The second kappa shape index (κ2) is 4.26. The van der Waals surface area contributed by atoms with Crippen LogP contribution >= 0.6 is 15.9 Å². The fourth-order valence-corrected chi connectivity index (χ4v) is 1.21. The normalized spacial score (nSPS) is 9.50. The van der Waals surface area contributed by atoms with Crippen molar-refractivity contribution in [3.63, 3.8) is 0 Å². The number of anilines is 1. The van der Waals surface area contributed by atoms with Gasteiger partial charge >= 0.3 is 0 Å². The Labute approximate surface area is 80.8 Å². The molecule has 0 saturated carbocycles. The van der Waals surface area contributed by atoms with Crippen LogP contribution in [0.15, 0.2) is 29.4 Å². The fraction of sp³-hybridized carbons (Fsp3) is 0.222. The van der Waals surface area contributed by atoms with Gasteiger partial charge in [0, 0.05) is 12.7 Å². The molecule has 0 atom stereocenters. The van der Waals surface area contributed by atoms with E-state index in [0.29, 0.717) is 0 Å². The van der Waals surface area contributed by atoms with E-state index in [1.165, 1.54) is 5.56 Å². The molecule has 12 heavy (non-hydrogen) atoms. The maximum Gasteiger partial charge on any atom is 0.140 e. The van der Waals surface area contributed by atoms with E-state index in [1.54, 1.807) is 12.3 Å². The molecule has 1 N–H and O–H groups in total. The van der Waals surface area contributed by atoms with Crippen LogP contribution in [0.25, 0.3) is 0 Å². The Kier molecular flexibility index (Phi) is 3.29. The average molecular weight is 227 g/mol. The van der Waals surface area contributed by atoms with Gasteiger partial charge in [-0.1, -0.05) is 6.08 Å². The van der Waals surface area contributed by atoms with Gasteiger partial charge in [-0.15, -0.1) is 6.58 Å². The minimum atomic E-state index is 0.731. The molecule has 0 spiro atoms. The zero-order chi connectivity index (χ0) is 8.97. The summed E-state index contributed by atoms with van der Waals surface area (Å²) in [5.41, 5.74) is 1.18. The average Bonchev–Trinajstić information content (AvgIpc) is 2.08. The van der Waals surface area contributed by atoms with Gasteiger partial charge in [0.1, 0.15) is 5.82 Å². The van der Waals surface area contributed by atoms with E-state index < -0.39 is 0 Å². The van der Waals surface area contributed by atoms with E-state index in [-0.39, 0.29) is 0 Å². The molecule has 0 aromatic carbocycles. The minimum absolute atomic E-state index is 0.731. The van der Waals surface area contributed by atoms with Crippen LogP contribution in [-0.2, 0) is 0 Å². The predicted molar refractivity (Wildman–Crippen MR) is 55.4 cm³/mol. The standard InChI is InChI=1S/C9H11BrN2/c1-3-5-11-9-8(10)7(2)4-6-12-9/h3-4,6H,1,5H2,2H3,(H,11,12). The number of aromatic nitrogens is 1. The molecule has 1 aromatic heterocycles. The lowest BCUT2D eigenvalue weighted by atomic mass is 10.3. The third-order valence-corrected chi connectivity index (χ3v) is 2.50. The first-order chi connectivity index (χ1) is 5.75. The van der Waals surface area contributed by atoms with Gasteiger partial charge in [-0.2, -0.15) is 0 Å². The molecular weight excluding hydrogens is 216 g/mol. The largest absolute Gasteiger partial charge is 0.366 e. The molecule has 0 aliphatic carbocycles. The summed E-state index contributed by atoms with van der Waals surface area (Å²) in [5, 5.41) is 3.13. The molecule has 0 amide bonds. The summed E-state index contributed by atoms with van der Waals surface area (Å²) in [6, 6.07) is 1.96. The SMILES string of the molecule is C=CCNc1nccc(C)c1Br. The quantitative estimate of drug-likeness (QED) is 0.803. The zero-order valence-corrected chi connectivity index (χ0v) is 8.56. The van der Waals surface area contributed by atoms with Gasteiger partial charge in [-0.05, 0) is 34.5 Å². The molecule has 0 aliphatic heterocycles. The van der Waals surface area contributed by atoms with Crippen molar-refractivity contribution < 1.29 is 0 Å². The molecule has 0 unspecified atom stereocenters. The molecule has 0 saturated heterocycles. The van der Waals surface area contributed by atoms with Crippen LogP contribution in [0.5, 0.6) is 0 Å². The number of nitrogens with one attached hydrogen (secondary N) is 1. The molecule has 0 aliphatic rings. The number of nitrogens with zero attached hydrogens (tertiary/aromatic N) is 1. The molecule has 0 bridgehead atoms. The van der Waals surface area contributed by atoms with Crippen LogP contribution in [0.3, 0.4) is 0 Å². The van der Waals surface area contributed by atoms with Crippen molar-refractivity contribution in [2.24, 2.45) is 0 Å². The Balaban J connectivity index is 2.84. The van der Waals surface area contributed by atoms with Gasteiger partial charge in [0.25, 0.3) is 0 Å². The van der Waals surface area contributed by atoms with Crippen LogP contribution < -0.4 is 5.32 Å². The Bertz CT molecular complexity index is 284. The van der Waals surface area contributed by atoms with Crippen molar-refractivity contribution in [1.29, 1.82) is 0 Å². The summed E-state index contributed by atoms with van der Waals surface area (Å²) in [7, 11) is 0. The first-order valence-corrected chi connectivity index (χ1v) is 4.51. The molecule has 1 rings (SSSR count). The number of halogens is 1. The Morgan fingerprint density at radius 3 is 3.17 bits per heavy atom. The van der Waals surface area contributed by atoms with Gasteiger partial charge in [-0.25, -0.2) is 4.98 Å². The molecule has 2 nitrogen and oxygen atoms in total. The highest BCUT2D eigenvalue weighted by Gasteiger charge is 2.00.